The topological polar surface area (TPSA) is 116 Å². The van der Waals surface area contributed by atoms with Gasteiger partial charge in [-0.25, -0.2) is 4.39 Å². The highest BCUT2D eigenvalue weighted by atomic mass is 19.1. The van der Waals surface area contributed by atoms with Crippen LogP contribution in [0.2, 0.25) is 0 Å². The second-order valence-corrected chi connectivity index (χ2v) is 7.15. The Morgan fingerprint density at radius 1 is 1.34 bits per heavy atom. The predicted octanol–water partition coefficient (Wildman–Crippen LogP) is 3.28. The van der Waals surface area contributed by atoms with E-state index in [1.54, 1.807) is 18.2 Å². The maximum atomic E-state index is 13.4. The summed E-state index contributed by atoms with van der Waals surface area (Å²) in [5, 5.41) is 22.0. The first kappa shape index (κ1) is 20.9. The van der Waals surface area contributed by atoms with Gasteiger partial charge in [0.1, 0.15) is 34.7 Å². The molecule has 0 unspecified atom stereocenters. The molecule has 9 heteroatoms. The Kier molecular flexibility index (Phi) is 5.28. The summed E-state index contributed by atoms with van der Waals surface area (Å²) >= 11 is 0. The molecule has 0 bridgehead atoms. The fourth-order valence-corrected chi connectivity index (χ4v) is 3.69. The molecule has 0 aliphatic carbocycles. The normalized spacial score (nSPS) is 13.6. The van der Waals surface area contributed by atoms with Crippen molar-refractivity contribution in [1.29, 1.82) is 5.26 Å². The summed E-state index contributed by atoms with van der Waals surface area (Å²) in [6, 6.07) is 10.5. The van der Waals surface area contributed by atoms with Crippen LogP contribution in [-0.2, 0) is 11.3 Å². The van der Waals surface area contributed by atoms with Crippen molar-refractivity contribution in [2.24, 2.45) is 0 Å². The number of aliphatic hydroxyl groups excluding tert-OH is 1. The number of benzene rings is 2. The van der Waals surface area contributed by atoms with Crippen molar-refractivity contribution < 1.29 is 28.2 Å². The van der Waals surface area contributed by atoms with Crippen molar-refractivity contribution >= 4 is 22.8 Å². The number of nitrogens with one attached hydrogen (secondary N) is 1. The van der Waals surface area contributed by atoms with E-state index in [0.717, 1.165) is 0 Å². The molecule has 3 aromatic rings. The highest BCUT2D eigenvalue weighted by Gasteiger charge is 2.31. The molecular weight excluding hydrogens is 417 g/mol. The molecule has 0 saturated heterocycles. The maximum Gasteiger partial charge on any atom is 0.268 e. The minimum atomic E-state index is -0.579. The number of ether oxygens (including phenoxy) is 1. The van der Waals surface area contributed by atoms with Gasteiger partial charge in [-0.3, -0.25) is 9.59 Å². The van der Waals surface area contributed by atoms with Gasteiger partial charge in [0.05, 0.1) is 25.8 Å². The van der Waals surface area contributed by atoms with E-state index in [1.807, 2.05) is 0 Å². The summed E-state index contributed by atoms with van der Waals surface area (Å²) < 4.78 is 24.9. The molecule has 2 aromatic carbocycles. The maximum absolute atomic E-state index is 13.4. The largest absolute Gasteiger partial charge is 0.509 e. The van der Waals surface area contributed by atoms with Crippen molar-refractivity contribution in [3.8, 4) is 23.1 Å². The lowest BCUT2D eigenvalue weighted by Crippen LogP contribution is -2.26. The second kappa shape index (κ2) is 8.07. The number of rotatable bonds is 5. The van der Waals surface area contributed by atoms with Crippen molar-refractivity contribution in [3.63, 3.8) is 0 Å². The molecule has 2 N–H and O–H groups in total. The zero-order valence-corrected chi connectivity index (χ0v) is 17.2. The molecule has 2 heterocycles. The van der Waals surface area contributed by atoms with Gasteiger partial charge in [-0.05, 0) is 36.4 Å². The van der Waals surface area contributed by atoms with Crippen LogP contribution < -0.4 is 10.1 Å². The summed E-state index contributed by atoms with van der Waals surface area (Å²) in [6.45, 7) is -0.0412. The number of nitriles is 1. The molecule has 4 rings (SSSR count). The standard InChI is InChI=1S/C23H18FN3O5/c1-26-22(29)20-15-8-18(31-2)13(10-27-11-17(28)16(9-25)23(27)30)7-19(15)32-21(20)12-3-5-14(24)6-4-12/h3-8,28H,10-11H2,1-2H3,(H,26,29). The van der Waals surface area contributed by atoms with Crippen LogP contribution in [0.4, 0.5) is 4.39 Å². The van der Waals surface area contributed by atoms with Crippen LogP contribution in [-0.4, -0.2) is 42.5 Å². The first-order valence-corrected chi connectivity index (χ1v) is 9.60. The Morgan fingerprint density at radius 3 is 2.66 bits per heavy atom. The zero-order valence-electron chi connectivity index (χ0n) is 17.2. The van der Waals surface area contributed by atoms with Crippen LogP contribution in [0, 0.1) is 17.1 Å². The van der Waals surface area contributed by atoms with Crippen molar-refractivity contribution in [1.82, 2.24) is 10.2 Å². The van der Waals surface area contributed by atoms with E-state index >= 15 is 0 Å². The van der Waals surface area contributed by atoms with Gasteiger partial charge in [-0.15, -0.1) is 0 Å². The fraction of sp³-hybridized carbons (Fsp3) is 0.174. The van der Waals surface area contributed by atoms with Crippen LogP contribution in [0.25, 0.3) is 22.3 Å². The van der Waals surface area contributed by atoms with Crippen LogP contribution >= 0.6 is 0 Å². The third kappa shape index (κ3) is 3.41. The number of furan rings is 1. The van der Waals surface area contributed by atoms with E-state index in [4.69, 9.17) is 14.4 Å². The highest BCUT2D eigenvalue weighted by Crippen LogP contribution is 2.38. The molecule has 2 amide bonds. The number of fused-ring (bicyclic) bond motifs is 1. The van der Waals surface area contributed by atoms with Gasteiger partial charge in [0.2, 0.25) is 0 Å². The Morgan fingerprint density at radius 2 is 2.06 bits per heavy atom. The average Bonchev–Trinajstić information content (AvgIpc) is 3.29. The van der Waals surface area contributed by atoms with Crippen LogP contribution in [0.1, 0.15) is 15.9 Å². The van der Waals surface area contributed by atoms with Gasteiger partial charge in [0.15, 0.2) is 5.57 Å². The number of methoxy groups -OCH3 is 1. The van der Waals surface area contributed by atoms with E-state index < -0.39 is 11.7 Å². The van der Waals surface area contributed by atoms with E-state index in [9.17, 15) is 19.1 Å². The van der Waals surface area contributed by atoms with Gasteiger partial charge >= 0.3 is 0 Å². The average molecular weight is 435 g/mol. The van der Waals surface area contributed by atoms with Crippen molar-refractivity contribution in [2.75, 3.05) is 20.7 Å². The highest BCUT2D eigenvalue weighted by molar-refractivity contribution is 6.11. The first-order chi connectivity index (χ1) is 15.4. The smallest absolute Gasteiger partial charge is 0.268 e. The number of nitrogens with zero attached hydrogens (tertiary/aromatic N) is 2. The Bertz CT molecular complexity index is 1320. The fourth-order valence-electron chi connectivity index (χ4n) is 3.69. The van der Waals surface area contributed by atoms with Gasteiger partial charge < -0.3 is 24.5 Å². The first-order valence-electron chi connectivity index (χ1n) is 9.60. The third-order valence-electron chi connectivity index (χ3n) is 5.25. The molecule has 0 radical (unpaired) electrons. The molecule has 8 nitrogen and oxygen atoms in total. The number of carbonyl (C=O) groups is 2. The minimum absolute atomic E-state index is 0.0507. The molecule has 32 heavy (non-hydrogen) atoms. The Labute approximate surface area is 182 Å². The molecule has 0 fully saturated rings. The molecule has 0 atom stereocenters. The van der Waals surface area contributed by atoms with Crippen LogP contribution in [0.15, 0.2) is 52.1 Å². The second-order valence-electron chi connectivity index (χ2n) is 7.15. The van der Waals surface area contributed by atoms with Crippen LogP contribution in [0.5, 0.6) is 5.75 Å². The molecule has 1 aromatic heterocycles. The predicted molar refractivity (Wildman–Crippen MR) is 112 cm³/mol. The molecule has 1 aliphatic rings. The number of amides is 2. The summed E-state index contributed by atoms with van der Waals surface area (Å²) in [4.78, 5) is 26.3. The molecule has 162 valence electrons. The van der Waals surface area contributed by atoms with Crippen molar-refractivity contribution in [3.05, 3.63) is 64.7 Å². The summed E-state index contributed by atoms with van der Waals surface area (Å²) in [5.74, 6) is -1.01. The number of carbonyl (C=O) groups excluding carboxylic acids is 2. The SMILES string of the molecule is CNC(=O)c1c(-c2ccc(F)cc2)oc2cc(CN3CC(O)=C(C#N)C3=O)c(OC)cc12. The van der Waals surface area contributed by atoms with Gasteiger partial charge in [-0.1, -0.05) is 0 Å². The minimum Gasteiger partial charge on any atom is -0.509 e. The van der Waals surface area contributed by atoms with Crippen molar-refractivity contribution in [2.45, 2.75) is 6.54 Å². The van der Waals surface area contributed by atoms with Gasteiger partial charge in [0.25, 0.3) is 11.8 Å². The van der Waals surface area contributed by atoms with E-state index in [0.29, 0.717) is 27.8 Å². The Hall–Kier alpha value is -4.32. The van der Waals surface area contributed by atoms with E-state index in [2.05, 4.69) is 5.32 Å². The van der Waals surface area contributed by atoms with E-state index in [-0.39, 0.29) is 41.7 Å². The number of aliphatic hydroxyl groups is 1. The lowest BCUT2D eigenvalue weighted by Gasteiger charge is -2.17. The monoisotopic (exact) mass is 435 g/mol. The quantitative estimate of drug-likeness (QED) is 0.635. The molecule has 0 saturated carbocycles. The number of halogens is 1. The molecule has 1 aliphatic heterocycles. The van der Waals surface area contributed by atoms with Crippen LogP contribution in [0.3, 0.4) is 0 Å². The van der Waals surface area contributed by atoms with Gasteiger partial charge in [-0.2, -0.15) is 5.26 Å². The number of hydrogen-bond acceptors (Lipinski definition) is 6. The molecular formula is C23H18FN3O5. The van der Waals surface area contributed by atoms with Gasteiger partial charge in [0, 0.05) is 23.6 Å². The summed E-state index contributed by atoms with van der Waals surface area (Å²) in [6.07, 6.45) is 0. The van der Waals surface area contributed by atoms with E-state index in [1.165, 1.54) is 43.3 Å². The third-order valence-corrected chi connectivity index (χ3v) is 5.25. The zero-order chi connectivity index (χ0) is 23.0. The molecule has 0 spiro atoms. The summed E-state index contributed by atoms with van der Waals surface area (Å²) in [7, 11) is 2.94. The lowest BCUT2D eigenvalue weighted by atomic mass is 10.0. The number of hydrogen-bond donors (Lipinski definition) is 2. The Balaban J connectivity index is 1.82. The lowest BCUT2D eigenvalue weighted by molar-refractivity contribution is -0.125. The summed E-state index contributed by atoms with van der Waals surface area (Å²) in [5.41, 5.74) is 1.42.